The summed E-state index contributed by atoms with van der Waals surface area (Å²) in [5, 5.41) is 0. The molecule has 5 nitrogen and oxygen atoms in total. The number of anilines is 1. The first-order valence-corrected chi connectivity index (χ1v) is 8.47. The number of likely N-dealkylation sites (N-methyl/N-ethyl adjacent to an activating group) is 1. The molecule has 1 saturated carbocycles. The first kappa shape index (κ1) is 16.2. The van der Waals surface area contributed by atoms with Crippen LogP contribution in [0.25, 0.3) is 0 Å². The van der Waals surface area contributed by atoms with E-state index in [4.69, 9.17) is 5.73 Å². The smallest absolute Gasteiger partial charge is 0.243 e. The maximum atomic E-state index is 13.7. The summed E-state index contributed by atoms with van der Waals surface area (Å²) in [7, 11) is -0.0139. The topological polar surface area (TPSA) is 75.4 Å². The van der Waals surface area contributed by atoms with Crippen LogP contribution in [-0.4, -0.2) is 39.5 Å². The molecule has 1 aliphatic rings. The van der Waals surface area contributed by atoms with Crippen LogP contribution in [-0.2, 0) is 10.0 Å². The third-order valence-corrected chi connectivity index (χ3v) is 5.74. The zero-order valence-corrected chi connectivity index (χ0v) is 13.2. The van der Waals surface area contributed by atoms with Gasteiger partial charge in [-0.2, -0.15) is 0 Å². The largest absolute Gasteiger partial charge is 0.399 e. The summed E-state index contributed by atoms with van der Waals surface area (Å²) >= 11 is 0. The zero-order valence-electron chi connectivity index (χ0n) is 12.4. The molecule has 0 bridgehead atoms. The van der Waals surface area contributed by atoms with E-state index < -0.39 is 20.7 Å². The highest BCUT2D eigenvalue weighted by molar-refractivity contribution is 7.89. The van der Waals surface area contributed by atoms with Crippen LogP contribution in [0.5, 0.6) is 0 Å². The Hall–Kier alpha value is -1.18. The lowest BCUT2D eigenvalue weighted by atomic mass is 9.97. The van der Waals surface area contributed by atoms with Gasteiger partial charge in [-0.25, -0.2) is 17.5 Å². The number of nitrogen functional groups attached to an aromatic ring is 1. The molecule has 0 atom stereocenters. The van der Waals surface area contributed by atoms with Gasteiger partial charge < -0.3 is 10.6 Å². The van der Waals surface area contributed by atoms with Crippen LogP contribution in [0.4, 0.5) is 10.1 Å². The van der Waals surface area contributed by atoms with Gasteiger partial charge in [-0.05, 0) is 45.1 Å². The van der Waals surface area contributed by atoms with Crippen LogP contribution in [0.3, 0.4) is 0 Å². The Morgan fingerprint density at radius 2 is 1.95 bits per heavy atom. The number of halogens is 1. The molecule has 0 aromatic heterocycles. The van der Waals surface area contributed by atoms with Gasteiger partial charge in [-0.3, -0.25) is 0 Å². The third kappa shape index (κ3) is 3.36. The second-order valence-electron chi connectivity index (χ2n) is 5.84. The molecule has 0 aliphatic heterocycles. The lowest BCUT2D eigenvalue weighted by Crippen LogP contribution is -2.50. The highest BCUT2D eigenvalue weighted by atomic mass is 32.2. The van der Waals surface area contributed by atoms with E-state index in [0.717, 1.165) is 37.8 Å². The Morgan fingerprint density at radius 3 is 2.52 bits per heavy atom. The minimum atomic E-state index is -3.90. The van der Waals surface area contributed by atoms with Gasteiger partial charge in [0, 0.05) is 17.8 Å². The van der Waals surface area contributed by atoms with Crippen molar-refractivity contribution in [2.45, 2.75) is 36.1 Å². The highest BCUT2D eigenvalue weighted by Crippen LogP contribution is 2.33. The van der Waals surface area contributed by atoms with Crippen molar-refractivity contribution in [3.05, 3.63) is 24.0 Å². The van der Waals surface area contributed by atoms with Crippen LogP contribution >= 0.6 is 0 Å². The molecule has 2 rings (SSSR count). The zero-order chi connectivity index (χ0) is 15.7. The molecular weight excluding hydrogens is 293 g/mol. The Balaban J connectivity index is 2.20. The molecule has 0 heterocycles. The fourth-order valence-corrected chi connectivity index (χ4v) is 4.08. The minimum absolute atomic E-state index is 0.191. The predicted octanol–water partition coefficient (Wildman–Crippen LogP) is 1.56. The standard InChI is InChI=1S/C14H22FN3O2S/c1-18(2)14(7-3-4-8-14)10-17-21(19,20)13-9-11(16)5-6-12(13)15/h5-6,9,17H,3-4,7-8,10,16H2,1-2H3. The molecule has 0 amide bonds. The van der Waals surface area contributed by atoms with Crippen molar-refractivity contribution in [3.8, 4) is 0 Å². The summed E-state index contributed by atoms with van der Waals surface area (Å²) in [6, 6.07) is 3.56. The molecule has 1 aromatic rings. The van der Waals surface area contributed by atoms with Gasteiger partial charge in [-0.15, -0.1) is 0 Å². The van der Waals surface area contributed by atoms with Crippen molar-refractivity contribution in [1.29, 1.82) is 0 Å². The number of sulfonamides is 1. The Morgan fingerprint density at radius 1 is 1.33 bits per heavy atom. The minimum Gasteiger partial charge on any atom is -0.399 e. The van der Waals surface area contributed by atoms with Crippen molar-refractivity contribution >= 4 is 15.7 Å². The van der Waals surface area contributed by atoms with Crippen LogP contribution in [0, 0.1) is 5.82 Å². The van der Waals surface area contributed by atoms with Crippen LogP contribution < -0.4 is 10.5 Å². The molecule has 1 fully saturated rings. The molecule has 7 heteroatoms. The maximum Gasteiger partial charge on any atom is 0.243 e. The van der Waals surface area contributed by atoms with Gasteiger partial charge >= 0.3 is 0 Å². The number of benzene rings is 1. The van der Waals surface area contributed by atoms with Crippen molar-refractivity contribution in [3.63, 3.8) is 0 Å². The van der Waals surface area contributed by atoms with E-state index in [1.165, 1.54) is 6.07 Å². The lowest BCUT2D eigenvalue weighted by Gasteiger charge is -2.36. The van der Waals surface area contributed by atoms with E-state index in [1.807, 2.05) is 14.1 Å². The quantitative estimate of drug-likeness (QED) is 0.809. The molecule has 118 valence electrons. The molecule has 3 N–H and O–H groups in total. The Kier molecular flexibility index (Phi) is 4.55. The fourth-order valence-electron chi connectivity index (χ4n) is 2.85. The van der Waals surface area contributed by atoms with Gasteiger partial charge in [0.2, 0.25) is 10.0 Å². The predicted molar refractivity (Wildman–Crippen MR) is 80.9 cm³/mol. The Labute approximate surface area is 125 Å². The van der Waals surface area contributed by atoms with Gasteiger partial charge in [0.05, 0.1) is 0 Å². The van der Waals surface area contributed by atoms with Gasteiger partial charge in [0.25, 0.3) is 0 Å². The Bertz CT molecular complexity index is 611. The lowest BCUT2D eigenvalue weighted by molar-refractivity contribution is 0.162. The molecule has 0 saturated heterocycles. The average Bonchev–Trinajstić information content (AvgIpc) is 2.89. The normalized spacial score (nSPS) is 18.3. The number of hydrogen-bond donors (Lipinski definition) is 2. The number of hydrogen-bond acceptors (Lipinski definition) is 4. The van der Waals surface area contributed by atoms with Crippen molar-refractivity contribution < 1.29 is 12.8 Å². The van der Waals surface area contributed by atoms with E-state index in [-0.39, 0.29) is 17.8 Å². The third-order valence-electron chi connectivity index (χ3n) is 4.32. The molecule has 1 aliphatic carbocycles. The summed E-state index contributed by atoms with van der Waals surface area (Å²) in [6.07, 6.45) is 4.02. The first-order valence-electron chi connectivity index (χ1n) is 6.99. The van der Waals surface area contributed by atoms with Gasteiger partial charge in [0.1, 0.15) is 10.7 Å². The molecule has 1 aromatic carbocycles. The summed E-state index contributed by atoms with van der Waals surface area (Å²) in [5.74, 6) is -0.790. The van der Waals surface area contributed by atoms with E-state index in [1.54, 1.807) is 0 Å². The summed E-state index contributed by atoms with van der Waals surface area (Å²) < 4.78 is 40.9. The molecule has 21 heavy (non-hydrogen) atoms. The van der Waals surface area contributed by atoms with E-state index in [0.29, 0.717) is 0 Å². The van der Waals surface area contributed by atoms with Crippen molar-refractivity contribution in [1.82, 2.24) is 9.62 Å². The van der Waals surface area contributed by atoms with Crippen LogP contribution in [0.1, 0.15) is 25.7 Å². The summed E-state index contributed by atoms with van der Waals surface area (Å²) in [5.41, 5.74) is 5.58. The second-order valence-corrected chi connectivity index (χ2v) is 7.58. The van der Waals surface area contributed by atoms with E-state index >= 15 is 0 Å². The molecule has 0 spiro atoms. The first-order chi connectivity index (χ1) is 9.77. The monoisotopic (exact) mass is 315 g/mol. The maximum absolute atomic E-state index is 13.7. The van der Waals surface area contributed by atoms with Crippen molar-refractivity contribution in [2.24, 2.45) is 0 Å². The van der Waals surface area contributed by atoms with E-state index in [2.05, 4.69) is 9.62 Å². The van der Waals surface area contributed by atoms with Crippen LogP contribution in [0.15, 0.2) is 23.1 Å². The fraction of sp³-hybridized carbons (Fsp3) is 0.571. The van der Waals surface area contributed by atoms with Crippen LogP contribution in [0.2, 0.25) is 0 Å². The summed E-state index contributed by atoms with van der Waals surface area (Å²) in [4.78, 5) is 1.66. The number of rotatable bonds is 5. The number of nitrogens with one attached hydrogen (secondary N) is 1. The van der Waals surface area contributed by atoms with E-state index in [9.17, 15) is 12.8 Å². The molecule has 0 unspecified atom stereocenters. The molecular formula is C14H22FN3O2S. The average molecular weight is 315 g/mol. The molecule has 0 radical (unpaired) electrons. The highest BCUT2D eigenvalue weighted by Gasteiger charge is 2.37. The summed E-state index contributed by atoms with van der Waals surface area (Å²) in [6.45, 7) is 0.274. The SMILES string of the molecule is CN(C)C1(CNS(=O)(=O)c2cc(N)ccc2F)CCCC1. The van der Waals surface area contributed by atoms with Crippen molar-refractivity contribution in [2.75, 3.05) is 26.4 Å². The van der Waals surface area contributed by atoms with Gasteiger partial charge in [0.15, 0.2) is 0 Å². The second kappa shape index (κ2) is 5.90. The number of nitrogens with two attached hydrogens (primary N) is 1. The van der Waals surface area contributed by atoms with Gasteiger partial charge in [-0.1, -0.05) is 12.8 Å². The number of nitrogens with zero attached hydrogens (tertiary/aromatic N) is 1.